The van der Waals surface area contributed by atoms with Crippen LogP contribution in [-0.4, -0.2) is 44.4 Å². The van der Waals surface area contributed by atoms with E-state index in [0.29, 0.717) is 25.2 Å². The van der Waals surface area contributed by atoms with E-state index >= 15 is 0 Å². The lowest BCUT2D eigenvalue weighted by Crippen LogP contribution is -2.35. The molecule has 8 heteroatoms. The third-order valence-electron chi connectivity index (χ3n) is 3.39. The number of aromatic nitrogens is 2. The van der Waals surface area contributed by atoms with Crippen LogP contribution >= 0.6 is 0 Å². The molecule has 1 fully saturated rings. The predicted octanol–water partition coefficient (Wildman–Crippen LogP) is 2.05. The second-order valence-corrected chi connectivity index (χ2v) is 6.21. The van der Waals surface area contributed by atoms with Crippen molar-refractivity contribution < 1.29 is 14.5 Å². The maximum absolute atomic E-state index is 12.0. The van der Waals surface area contributed by atoms with Crippen molar-refractivity contribution in [1.82, 2.24) is 14.7 Å². The van der Waals surface area contributed by atoms with Gasteiger partial charge in [-0.05, 0) is 27.2 Å². The monoisotopic (exact) mass is 296 g/mol. The van der Waals surface area contributed by atoms with E-state index in [1.54, 1.807) is 11.9 Å². The maximum Gasteiger partial charge on any atom is 0.410 e. The normalized spacial score (nSPS) is 18.9. The Morgan fingerprint density at radius 1 is 1.52 bits per heavy atom. The number of rotatable bonds is 2. The molecule has 1 aromatic heterocycles. The Bertz CT molecular complexity index is 561. The summed E-state index contributed by atoms with van der Waals surface area (Å²) in [6.45, 7) is 6.37. The number of carbonyl (C=O) groups is 1. The third kappa shape index (κ3) is 3.32. The van der Waals surface area contributed by atoms with Crippen molar-refractivity contribution in [2.45, 2.75) is 38.7 Å². The van der Waals surface area contributed by atoms with Gasteiger partial charge in [0.2, 0.25) is 0 Å². The molecule has 1 unspecified atom stereocenters. The zero-order valence-electron chi connectivity index (χ0n) is 12.7. The quantitative estimate of drug-likeness (QED) is 0.615. The van der Waals surface area contributed by atoms with Crippen molar-refractivity contribution in [3.63, 3.8) is 0 Å². The summed E-state index contributed by atoms with van der Waals surface area (Å²) >= 11 is 0. The van der Waals surface area contributed by atoms with E-state index in [0.717, 1.165) is 0 Å². The van der Waals surface area contributed by atoms with Crippen molar-refractivity contribution in [2.24, 2.45) is 7.05 Å². The van der Waals surface area contributed by atoms with Crippen LogP contribution in [0.5, 0.6) is 0 Å². The number of likely N-dealkylation sites (tertiary alicyclic amines) is 1. The molecule has 2 heterocycles. The number of aryl methyl sites for hydroxylation is 1. The smallest absolute Gasteiger partial charge is 0.410 e. The van der Waals surface area contributed by atoms with Gasteiger partial charge in [0, 0.05) is 26.1 Å². The highest BCUT2D eigenvalue weighted by atomic mass is 16.6. The molecule has 1 atom stereocenters. The van der Waals surface area contributed by atoms with Gasteiger partial charge in [-0.15, -0.1) is 0 Å². The zero-order valence-corrected chi connectivity index (χ0v) is 12.7. The van der Waals surface area contributed by atoms with E-state index in [2.05, 4.69) is 5.10 Å². The summed E-state index contributed by atoms with van der Waals surface area (Å²) in [4.78, 5) is 24.2. The Morgan fingerprint density at radius 2 is 2.19 bits per heavy atom. The Labute approximate surface area is 122 Å². The first kappa shape index (κ1) is 15.3. The molecule has 0 N–H and O–H groups in total. The van der Waals surface area contributed by atoms with Gasteiger partial charge >= 0.3 is 11.8 Å². The van der Waals surface area contributed by atoms with Gasteiger partial charge in [0.15, 0.2) is 0 Å². The summed E-state index contributed by atoms with van der Waals surface area (Å²) in [5.41, 5.74) is 0.0212. The highest BCUT2D eigenvalue weighted by Gasteiger charge is 2.35. The van der Waals surface area contributed by atoms with Gasteiger partial charge in [-0.2, -0.15) is 5.10 Å². The van der Waals surface area contributed by atoms with E-state index in [-0.39, 0.29) is 17.7 Å². The average molecular weight is 296 g/mol. The fraction of sp³-hybridized carbons (Fsp3) is 0.692. The number of hydrogen-bond acceptors (Lipinski definition) is 5. The standard InChI is InChI=1S/C13H20N4O4/c1-13(2,3)21-12(18)16-6-5-9(8-16)11-10(17(19)20)7-14-15(11)4/h7,9H,5-6,8H2,1-4H3. The topological polar surface area (TPSA) is 90.5 Å². The third-order valence-corrected chi connectivity index (χ3v) is 3.39. The van der Waals surface area contributed by atoms with Gasteiger partial charge in [0.25, 0.3) is 0 Å². The van der Waals surface area contributed by atoms with Crippen LogP contribution in [0.4, 0.5) is 10.5 Å². The number of nitro groups is 1. The first-order valence-electron chi connectivity index (χ1n) is 6.83. The van der Waals surface area contributed by atoms with E-state index in [1.165, 1.54) is 10.9 Å². The molecule has 1 aliphatic rings. The molecular weight excluding hydrogens is 276 g/mol. The molecule has 0 spiro atoms. The van der Waals surface area contributed by atoms with Crippen LogP contribution in [0.2, 0.25) is 0 Å². The Balaban J connectivity index is 2.11. The summed E-state index contributed by atoms with van der Waals surface area (Å²) in [5, 5.41) is 15.0. The summed E-state index contributed by atoms with van der Waals surface area (Å²) in [5.74, 6) is -0.0922. The van der Waals surface area contributed by atoms with E-state index in [1.807, 2.05) is 20.8 Å². The Kier molecular flexibility index (Phi) is 3.89. The van der Waals surface area contributed by atoms with Crippen LogP contribution in [-0.2, 0) is 11.8 Å². The molecule has 116 valence electrons. The predicted molar refractivity (Wildman–Crippen MR) is 75.0 cm³/mol. The second-order valence-electron chi connectivity index (χ2n) is 6.21. The van der Waals surface area contributed by atoms with Gasteiger partial charge in [-0.25, -0.2) is 4.79 Å². The molecule has 0 saturated carbocycles. The van der Waals surface area contributed by atoms with Crippen molar-refractivity contribution >= 4 is 11.8 Å². The molecule has 8 nitrogen and oxygen atoms in total. The first-order chi connectivity index (χ1) is 9.69. The van der Waals surface area contributed by atoms with Gasteiger partial charge < -0.3 is 9.64 Å². The van der Waals surface area contributed by atoms with Crippen molar-refractivity contribution in [3.05, 3.63) is 22.0 Å². The maximum atomic E-state index is 12.0. The molecule has 0 bridgehead atoms. The SMILES string of the molecule is Cn1ncc([N+](=O)[O-])c1C1CCN(C(=O)OC(C)(C)C)C1. The van der Waals surface area contributed by atoms with Crippen LogP contribution in [0, 0.1) is 10.1 Å². The van der Waals surface area contributed by atoms with E-state index in [4.69, 9.17) is 4.74 Å². The van der Waals surface area contributed by atoms with Crippen LogP contribution in [0.15, 0.2) is 6.20 Å². The molecule has 1 aliphatic heterocycles. The first-order valence-corrected chi connectivity index (χ1v) is 6.83. The number of hydrogen-bond donors (Lipinski definition) is 0. The average Bonchev–Trinajstić information content (AvgIpc) is 2.92. The number of nitrogens with zero attached hydrogens (tertiary/aromatic N) is 4. The minimum Gasteiger partial charge on any atom is -0.444 e. The molecule has 1 amide bonds. The molecule has 0 aliphatic carbocycles. The summed E-state index contributed by atoms with van der Waals surface area (Å²) in [7, 11) is 1.68. The highest BCUT2D eigenvalue weighted by molar-refractivity contribution is 5.68. The Hall–Kier alpha value is -2.12. The van der Waals surface area contributed by atoms with Crippen molar-refractivity contribution in [3.8, 4) is 0 Å². The van der Waals surface area contributed by atoms with E-state index < -0.39 is 10.5 Å². The molecule has 0 aromatic carbocycles. The van der Waals surface area contributed by atoms with Crippen LogP contribution in [0.25, 0.3) is 0 Å². The van der Waals surface area contributed by atoms with Crippen molar-refractivity contribution in [1.29, 1.82) is 0 Å². The van der Waals surface area contributed by atoms with Crippen LogP contribution < -0.4 is 0 Å². The van der Waals surface area contributed by atoms with Crippen LogP contribution in [0.3, 0.4) is 0 Å². The lowest BCUT2D eigenvalue weighted by molar-refractivity contribution is -0.385. The zero-order chi connectivity index (χ0) is 15.8. The van der Waals surface area contributed by atoms with Crippen molar-refractivity contribution in [2.75, 3.05) is 13.1 Å². The van der Waals surface area contributed by atoms with Gasteiger partial charge in [0.05, 0.1) is 4.92 Å². The minimum absolute atomic E-state index is 0.00791. The lowest BCUT2D eigenvalue weighted by Gasteiger charge is -2.24. The van der Waals surface area contributed by atoms with Gasteiger partial charge in [0.1, 0.15) is 17.5 Å². The summed E-state index contributed by atoms with van der Waals surface area (Å²) in [6, 6.07) is 0. The molecule has 1 aromatic rings. The fourth-order valence-corrected chi connectivity index (χ4v) is 2.53. The molecule has 21 heavy (non-hydrogen) atoms. The number of carbonyl (C=O) groups excluding carboxylic acids is 1. The molecule has 2 rings (SSSR count). The highest BCUT2D eigenvalue weighted by Crippen LogP contribution is 2.33. The van der Waals surface area contributed by atoms with E-state index in [9.17, 15) is 14.9 Å². The molecule has 1 saturated heterocycles. The molecular formula is C13H20N4O4. The summed E-state index contributed by atoms with van der Waals surface area (Å²) < 4.78 is 6.84. The lowest BCUT2D eigenvalue weighted by atomic mass is 10.0. The van der Waals surface area contributed by atoms with Gasteiger partial charge in [-0.1, -0.05) is 0 Å². The largest absolute Gasteiger partial charge is 0.444 e. The fourth-order valence-electron chi connectivity index (χ4n) is 2.53. The summed E-state index contributed by atoms with van der Waals surface area (Å²) in [6.07, 6.45) is 1.54. The molecule has 0 radical (unpaired) electrons. The minimum atomic E-state index is -0.548. The van der Waals surface area contributed by atoms with Crippen LogP contribution in [0.1, 0.15) is 38.8 Å². The van der Waals surface area contributed by atoms with Gasteiger partial charge in [-0.3, -0.25) is 14.8 Å². The second kappa shape index (κ2) is 5.34. The number of amides is 1. The number of ether oxygens (including phenoxy) is 1. The Morgan fingerprint density at radius 3 is 2.76 bits per heavy atom.